The van der Waals surface area contributed by atoms with E-state index in [9.17, 15) is 9.90 Å². The third-order valence-electron chi connectivity index (χ3n) is 5.82. The van der Waals surface area contributed by atoms with E-state index in [4.69, 9.17) is 4.52 Å². The van der Waals surface area contributed by atoms with E-state index in [-0.39, 0.29) is 18.4 Å². The van der Waals surface area contributed by atoms with Crippen LogP contribution >= 0.6 is 0 Å². The maximum atomic E-state index is 12.2. The van der Waals surface area contributed by atoms with Gasteiger partial charge in [0.25, 0.3) is 5.91 Å². The minimum absolute atomic E-state index is 0.213. The average molecular weight is 445 g/mol. The molecule has 1 amide bonds. The molecule has 0 spiro atoms. The van der Waals surface area contributed by atoms with Crippen LogP contribution in [0.2, 0.25) is 0 Å². The summed E-state index contributed by atoms with van der Waals surface area (Å²) in [6.07, 6.45) is 3.93. The number of amides is 1. The summed E-state index contributed by atoms with van der Waals surface area (Å²) in [4.78, 5) is 23.4. The second kappa shape index (κ2) is 11.3. The van der Waals surface area contributed by atoms with Crippen LogP contribution < -0.4 is 15.5 Å². The third-order valence-corrected chi connectivity index (χ3v) is 5.82. The zero-order valence-electron chi connectivity index (χ0n) is 19.6. The number of carbonyl (C=O) groups is 1. The van der Waals surface area contributed by atoms with Crippen molar-refractivity contribution >= 4 is 17.7 Å². The molecule has 9 nitrogen and oxygen atoms in total. The van der Waals surface area contributed by atoms with Crippen LogP contribution in [0.15, 0.2) is 16.7 Å². The van der Waals surface area contributed by atoms with Gasteiger partial charge in [0, 0.05) is 32.1 Å². The molecule has 2 aromatic heterocycles. The fraction of sp³-hybridized carbons (Fsp3) is 0.652. The molecule has 0 saturated carbocycles. The number of nitrogens with zero attached hydrogens (tertiary/aromatic N) is 4. The Morgan fingerprint density at radius 2 is 2.00 bits per heavy atom. The summed E-state index contributed by atoms with van der Waals surface area (Å²) in [7, 11) is 0. The van der Waals surface area contributed by atoms with Gasteiger partial charge >= 0.3 is 6.01 Å². The monoisotopic (exact) mass is 444 g/mol. The first-order valence-electron chi connectivity index (χ1n) is 11.6. The van der Waals surface area contributed by atoms with Crippen molar-refractivity contribution in [3.8, 4) is 0 Å². The molecule has 2 aromatic rings. The molecular weight excluding hydrogens is 408 g/mol. The Balaban J connectivity index is 1.36. The second-order valence-electron chi connectivity index (χ2n) is 8.98. The van der Waals surface area contributed by atoms with Gasteiger partial charge in [0.05, 0.1) is 17.4 Å². The predicted octanol–water partition coefficient (Wildman–Crippen LogP) is 3.12. The number of aromatic nitrogens is 3. The maximum Gasteiger partial charge on any atom is 0.324 e. The van der Waals surface area contributed by atoms with Crippen molar-refractivity contribution in [3.63, 3.8) is 0 Å². The minimum Gasteiger partial charge on any atom is -0.392 e. The molecule has 0 aliphatic carbocycles. The number of hydrogen-bond donors (Lipinski definition) is 3. The first-order valence-corrected chi connectivity index (χ1v) is 11.6. The van der Waals surface area contributed by atoms with Crippen molar-refractivity contribution in [1.29, 1.82) is 0 Å². The number of nitrogens with one attached hydrogen (secondary N) is 2. The molecule has 9 heteroatoms. The van der Waals surface area contributed by atoms with Crippen LogP contribution in [0.1, 0.15) is 74.2 Å². The molecule has 0 bridgehead atoms. The van der Waals surface area contributed by atoms with E-state index in [2.05, 4.69) is 44.5 Å². The van der Waals surface area contributed by atoms with Gasteiger partial charge in [-0.1, -0.05) is 19.0 Å². The summed E-state index contributed by atoms with van der Waals surface area (Å²) in [6, 6.07) is 4.26. The molecule has 32 heavy (non-hydrogen) atoms. The molecule has 1 unspecified atom stereocenters. The molecular formula is C23H36N6O3. The highest BCUT2D eigenvalue weighted by Gasteiger charge is 2.23. The quantitative estimate of drug-likeness (QED) is 0.479. The topological polar surface area (TPSA) is 116 Å². The van der Waals surface area contributed by atoms with E-state index in [0.29, 0.717) is 23.2 Å². The molecule has 176 valence electrons. The molecule has 1 aliphatic rings. The Morgan fingerprint density at radius 3 is 2.62 bits per heavy atom. The molecule has 3 heterocycles. The fourth-order valence-corrected chi connectivity index (χ4v) is 3.84. The van der Waals surface area contributed by atoms with E-state index in [1.165, 1.54) is 6.42 Å². The molecule has 3 rings (SSSR count). The van der Waals surface area contributed by atoms with Crippen LogP contribution in [0, 0.1) is 12.8 Å². The molecule has 1 aliphatic heterocycles. The first-order chi connectivity index (χ1) is 15.3. The average Bonchev–Trinajstić information content (AvgIpc) is 3.26. The van der Waals surface area contributed by atoms with Crippen molar-refractivity contribution in [1.82, 2.24) is 20.4 Å². The number of aliphatic hydroxyl groups excluding tert-OH is 1. The smallest absolute Gasteiger partial charge is 0.324 e. The molecule has 1 saturated heterocycles. The number of hydrogen-bond acceptors (Lipinski definition) is 8. The summed E-state index contributed by atoms with van der Waals surface area (Å²) >= 11 is 0. The zero-order valence-corrected chi connectivity index (χ0v) is 19.6. The van der Waals surface area contributed by atoms with E-state index >= 15 is 0 Å². The van der Waals surface area contributed by atoms with Crippen LogP contribution in [0.3, 0.4) is 0 Å². The normalized spacial score (nSPS) is 15.8. The minimum atomic E-state index is -0.572. The van der Waals surface area contributed by atoms with E-state index in [1.54, 1.807) is 13.0 Å². The maximum absolute atomic E-state index is 12.2. The van der Waals surface area contributed by atoms with Crippen molar-refractivity contribution in [2.75, 3.05) is 36.4 Å². The first kappa shape index (κ1) is 24.0. The van der Waals surface area contributed by atoms with Crippen LogP contribution in [0.5, 0.6) is 0 Å². The summed E-state index contributed by atoms with van der Waals surface area (Å²) in [5.74, 6) is 2.32. The lowest BCUT2D eigenvalue weighted by Crippen LogP contribution is -2.34. The summed E-state index contributed by atoms with van der Waals surface area (Å²) < 4.78 is 5.42. The molecule has 0 radical (unpaired) electrons. The largest absolute Gasteiger partial charge is 0.392 e. The Labute approximate surface area is 190 Å². The number of aryl methyl sites for hydroxylation is 1. The fourth-order valence-electron chi connectivity index (χ4n) is 3.84. The van der Waals surface area contributed by atoms with Gasteiger partial charge in [-0.05, 0) is 57.6 Å². The zero-order chi connectivity index (χ0) is 23.1. The van der Waals surface area contributed by atoms with Crippen molar-refractivity contribution in [3.05, 3.63) is 29.2 Å². The van der Waals surface area contributed by atoms with Crippen molar-refractivity contribution in [2.24, 2.45) is 5.92 Å². The number of pyridine rings is 1. The van der Waals surface area contributed by atoms with Crippen LogP contribution in [-0.2, 0) is 0 Å². The van der Waals surface area contributed by atoms with Gasteiger partial charge in [-0.3, -0.25) is 4.79 Å². The van der Waals surface area contributed by atoms with E-state index in [1.807, 2.05) is 13.0 Å². The molecule has 1 fully saturated rings. The third kappa shape index (κ3) is 6.66. The summed E-state index contributed by atoms with van der Waals surface area (Å²) in [5.41, 5.74) is 1.21. The van der Waals surface area contributed by atoms with Gasteiger partial charge in [-0.15, -0.1) is 0 Å². The van der Waals surface area contributed by atoms with E-state index in [0.717, 1.165) is 50.5 Å². The number of piperidine rings is 1. The van der Waals surface area contributed by atoms with Gasteiger partial charge in [-0.2, -0.15) is 4.98 Å². The Hall–Kier alpha value is -2.68. The van der Waals surface area contributed by atoms with Crippen molar-refractivity contribution < 1.29 is 14.4 Å². The number of anilines is 2. The number of rotatable bonds is 10. The van der Waals surface area contributed by atoms with Crippen LogP contribution in [0.25, 0.3) is 0 Å². The molecule has 1 atom stereocenters. The number of aliphatic hydroxyl groups is 1. The van der Waals surface area contributed by atoms with Crippen LogP contribution in [-0.4, -0.2) is 58.4 Å². The lowest BCUT2D eigenvalue weighted by Gasteiger charge is -2.30. The van der Waals surface area contributed by atoms with Gasteiger partial charge in [0.2, 0.25) is 0 Å². The van der Waals surface area contributed by atoms with E-state index < -0.39 is 6.10 Å². The summed E-state index contributed by atoms with van der Waals surface area (Å²) in [6.45, 7) is 10.6. The second-order valence-corrected chi connectivity index (χ2v) is 8.98. The highest BCUT2D eigenvalue weighted by atomic mass is 16.5. The Morgan fingerprint density at radius 1 is 1.25 bits per heavy atom. The lowest BCUT2D eigenvalue weighted by molar-refractivity contribution is 0.0923. The standard InChI is InChI=1S/C23H36N6O3/c1-15(2)21-27-23(32-28-21)29-12-9-18(10-13-29)6-5-11-24-20-8-7-19(17(4)26-20)22(31)25-14-16(3)30/h7-8,15-16,18,30H,5-6,9-14H2,1-4H3,(H,24,26)(H,25,31). The predicted molar refractivity (Wildman–Crippen MR) is 124 cm³/mol. The lowest BCUT2D eigenvalue weighted by atomic mass is 9.92. The highest BCUT2D eigenvalue weighted by Crippen LogP contribution is 2.26. The SMILES string of the molecule is Cc1nc(NCCCC2CCN(c3nc(C(C)C)no3)CC2)ccc1C(=O)NCC(C)O. The molecule has 3 N–H and O–H groups in total. The van der Waals surface area contributed by atoms with Gasteiger partial charge in [-0.25, -0.2) is 4.98 Å². The van der Waals surface area contributed by atoms with Gasteiger partial charge in [0.15, 0.2) is 5.82 Å². The number of carbonyl (C=O) groups excluding carboxylic acids is 1. The summed E-state index contributed by atoms with van der Waals surface area (Å²) in [5, 5.41) is 19.4. The Bertz CT molecular complexity index is 874. The van der Waals surface area contributed by atoms with Gasteiger partial charge in [0.1, 0.15) is 5.82 Å². The highest BCUT2D eigenvalue weighted by molar-refractivity contribution is 5.95. The molecule has 0 aromatic carbocycles. The van der Waals surface area contributed by atoms with Crippen LogP contribution in [0.4, 0.5) is 11.8 Å². The van der Waals surface area contributed by atoms with Crippen molar-refractivity contribution in [2.45, 2.75) is 65.4 Å². The van der Waals surface area contributed by atoms with Gasteiger partial charge < -0.3 is 25.2 Å². The Kier molecular flexibility index (Phi) is 8.44.